The van der Waals surface area contributed by atoms with E-state index in [2.05, 4.69) is 33.3 Å². The highest BCUT2D eigenvalue weighted by Gasteiger charge is 2.43. The number of carbonyl (C=O) groups excluding carboxylic acids is 1. The highest BCUT2D eigenvalue weighted by molar-refractivity contribution is 7.90. The second-order valence-corrected chi connectivity index (χ2v) is 13.1. The lowest BCUT2D eigenvalue weighted by atomic mass is 9.92. The number of sulfone groups is 1. The number of nitrogens with one attached hydrogen (secondary N) is 1. The second kappa shape index (κ2) is 11.2. The van der Waals surface area contributed by atoms with Gasteiger partial charge in [0.1, 0.15) is 17.4 Å². The number of benzene rings is 2. The van der Waals surface area contributed by atoms with Crippen LogP contribution in [0.5, 0.6) is 0 Å². The molecule has 2 atom stereocenters. The summed E-state index contributed by atoms with van der Waals surface area (Å²) in [5, 5.41) is 5.60. The summed E-state index contributed by atoms with van der Waals surface area (Å²) in [6.45, 7) is 4.07. The summed E-state index contributed by atoms with van der Waals surface area (Å²) in [7, 11) is -3.57. The fourth-order valence-corrected chi connectivity index (χ4v) is 7.10. The molecule has 0 spiro atoms. The Hall–Kier alpha value is -3.49. The summed E-state index contributed by atoms with van der Waals surface area (Å²) in [5.74, 6) is 0.866. The lowest BCUT2D eigenvalue weighted by molar-refractivity contribution is -0.119. The van der Waals surface area contributed by atoms with Gasteiger partial charge < -0.3 is 5.32 Å². The van der Waals surface area contributed by atoms with Crippen LogP contribution in [-0.2, 0) is 33.2 Å². The number of fused-ring (bicyclic) bond motifs is 1. The van der Waals surface area contributed by atoms with E-state index in [9.17, 15) is 13.2 Å². The maximum atomic E-state index is 13.1. The molecule has 0 amide bonds. The molecule has 7 nitrogen and oxygen atoms in total. The summed E-state index contributed by atoms with van der Waals surface area (Å²) >= 11 is 0. The number of rotatable bonds is 9. The van der Waals surface area contributed by atoms with Crippen molar-refractivity contribution in [1.29, 1.82) is 0 Å². The van der Waals surface area contributed by atoms with Crippen LogP contribution in [0.4, 0.5) is 0 Å². The number of carbonyl (C=O) groups is 1. The van der Waals surface area contributed by atoms with Crippen molar-refractivity contribution in [2.45, 2.75) is 61.5 Å². The van der Waals surface area contributed by atoms with E-state index in [1.165, 1.54) is 5.56 Å². The van der Waals surface area contributed by atoms with Gasteiger partial charge >= 0.3 is 0 Å². The van der Waals surface area contributed by atoms with Crippen LogP contribution in [0.2, 0.25) is 0 Å². The number of nitrogens with zero attached hydrogens (tertiary/aromatic N) is 3. The van der Waals surface area contributed by atoms with E-state index < -0.39 is 9.84 Å². The van der Waals surface area contributed by atoms with E-state index in [0.29, 0.717) is 18.2 Å². The molecule has 2 aromatic heterocycles. The van der Waals surface area contributed by atoms with Gasteiger partial charge in [0.25, 0.3) is 0 Å². The Balaban J connectivity index is 1.07. The Morgan fingerprint density at radius 2 is 1.70 bits per heavy atom. The molecule has 2 aliphatic rings. The normalized spacial score (nSPS) is 19.5. The molecule has 1 saturated carbocycles. The van der Waals surface area contributed by atoms with E-state index in [1.54, 1.807) is 24.5 Å². The molecule has 1 N–H and O–H groups in total. The first-order valence-electron chi connectivity index (χ1n) is 14.1. The molecule has 0 bridgehead atoms. The molecule has 206 valence electrons. The zero-order chi connectivity index (χ0) is 27.7. The number of aryl methyl sites for hydroxylation is 1. The first-order valence-corrected chi connectivity index (χ1v) is 15.8. The van der Waals surface area contributed by atoms with Crippen molar-refractivity contribution in [2.24, 2.45) is 5.92 Å². The summed E-state index contributed by atoms with van der Waals surface area (Å²) in [6.07, 6.45) is 11.5. The molecule has 2 aromatic carbocycles. The fraction of sp³-hybridized carbons (Fsp3) is 0.375. The Labute approximate surface area is 235 Å². The van der Waals surface area contributed by atoms with E-state index in [-0.39, 0.29) is 28.3 Å². The van der Waals surface area contributed by atoms with Crippen molar-refractivity contribution >= 4 is 26.4 Å². The van der Waals surface area contributed by atoms with Gasteiger partial charge in [-0.1, -0.05) is 37.3 Å². The van der Waals surface area contributed by atoms with E-state index in [4.69, 9.17) is 0 Å². The van der Waals surface area contributed by atoms with Gasteiger partial charge in [-0.15, -0.1) is 0 Å². The van der Waals surface area contributed by atoms with Crippen LogP contribution >= 0.6 is 0 Å². The lowest BCUT2D eigenvalue weighted by Crippen LogP contribution is -2.26. The van der Waals surface area contributed by atoms with Gasteiger partial charge in [0.15, 0.2) is 9.84 Å². The van der Waals surface area contributed by atoms with Gasteiger partial charge in [-0.25, -0.2) is 18.4 Å². The smallest absolute Gasteiger partial charge is 0.185 e. The SMILES string of the molecule is CCc1cncc2ccc(CC(=O)[C@@H]3C[C@H]3c3ccc(S(=O)(=O)Cc4ncc(C5CCNCC5)cn4)cc3)cc12. The van der Waals surface area contributed by atoms with Gasteiger partial charge in [0.05, 0.1) is 4.90 Å². The monoisotopic (exact) mass is 554 g/mol. The largest absolute Gasteiger partial charge is 0.317 e. The molecule has 1 saturated heterocycles. The molecule has 40 heavy (non-hydrogen) atoms. The molecule has 4 aromatic rings. The minimum Gasteiger partial charge on any atom is -0.317 e. The zero-order valence-electron chi connectivity index (χ0n) is 22.7. The van der Waals surface area contributed by atoms with Crippen molar-refractivity contribution in [1.82, 2.24) is 20.3 Å². The van der Waals surface area contributed by atoms with Crippen LogP contribution < -0.4 is 5.32 Å². The van der Waals surface area contributed by atoms with Crippen LogP contribution in [-0.4, -0.2) is 42.2 Å². The van der Waals surface area contributed by atoms with Crippen molar-refractivity contribution in [3.8, 4) is 0 Å². The number of hydrogen-bond acceptors (Lipinski definition) is 7. The number of ketones is 1. The number of aromatic nitrogens is 3. The van der Waals surface area contributed by atoms with Crippen molar-refractivity contribution in [2.75, 3.05) is 13.1 Å². The minimum atomic E-state index is -3.57. The Morgan fingerprint density at radius 1 is 0.950 bits per heavy atom. The third kappa shape index (κ3) is 5.69. The number of piperidine rings is 1. The average molecular weight is 555 g/mol. The Morgan fingerprint density at radius 3 is 2.42 bits per heavy atom. The predicted octanol–water partition coefficient (Wildman–Crippen LogP) is 4.94. The van der Waals surface area contributed by atoms with Crippen molar-refractivity contribution in [3.05, 3.63) is 95.3 Å². The van der Waals surface area contributed by atoms with E-state index >= 15 is 0 Å². The van der Waals surface area contributed by atoms with Crippen LogP contribution in [0, 0.1) is 5.92 Å². The van der Waals surface area contributed by atoms with Gasteiger partial charge in [-0.2, -0.15) is 0 Å². The molecular formula is C32H34N4O3S. The number of Topliss-reactive ketones (excluding diaryl/α,β-unsaturated/α-hetero) is 1. The molecule has 8 heteroatoms. The maximum Gasteiger partial charge on any atom is 0.185 e. The molecule has 6 rings (SSSR count). The van der Waals surface area contributed by atoms with E-state index in [1.807, 2.05) is 36.7 Å². The van der Waals surface area contributed by atoms with Crippen LogP contribution in [0.3, 0.4) is 0 Å². The van der Waals surface area contributed by atoms with Crippen molar-refractivity contribution in [3.63, 3.8) is 0 Å². The summed E-state index contributed by atoms with van der Waals surface area (Å²) in [4.78, 5) is 26.4. The fourth-order valence-electron chi connectivity index (χ4n) is 5.90. The van der Waals surface area contributed by atoms with Crippen LogP contribution in [0.15, 0.2) is 72.1 Å². The number of pyridine rings is 1. The molecule has 2 fully saturated rings. The van der Waals surface area contributed by atoms with Gasteiger partial charge in [0.2, 0.25) is 0 Å². The van der Waals surface area contributed by atoms with Gasteiger partial charge in [-0.3, -0.25) is 9.78 Å². The molecule has 3 heterocycles. The second-order valence-electron chi connectivity index (χ2n) is 11.1. The highest BCUT2D eigenvalue weighted by atomic mass is 32.2. The predicted molar refractivity (Wildman–Crippen MR) is 155 cm³/mol. The molecule has 1 aliphatic heterocycles. The highest BCUT2D eigenvalue weighted by Crippen LogP contribution is 2.48. The lowest BCUT2D eigenvalue weighted by Gasteiger charge is -2.22. The Kier molecular flexibility index (Phi) is 7.47. The average Bonchev–Trinajstić information content (AvgIpc) is 3.79. The zero-order valence-corrected chi connectivity index (χ0v) is 23.5. The molecule has 0 unspecified atom stereocenters. The van der Waals surface area contributed by atoms with Gasteiger partial charge in [-0.05, 0) is 90.4 Å². The molecule has 1 aliphatic carbocycles. The third-order valence-corrected chi connectivity index (χ3v) is 10.0. The van der Waals surface area contributed by atoms with E-state index in [0.717, 1.165) is 66.2 Å². The van der Waals surface area contributed by atoms with Gasteiger partial charge in [0, 0.05) is 42.5 Å². The summed E-state index contributed by atoms with van der Waals surface area (Å²) in [5.41, 5.74) is 4.30. The molecule has 0 radical (unpaired) electrons. The maximum absolute atomic E-state index is 13.1. The van der Waals surface area contributed by atoms with Crippen LogP contribution in [0.1, 0.15) is 66.1 Å². The number of hydrogen-bond donors (Lipinski definition) is 1. The topological polar surface area (TPSA) is 102 Å². The Bertz CT molecular complexity index is 1630. The first-order chi connectivity index (χ1) is 19.4. The quantitative estimate of drug-likeness (QED) is 0.313. The third-order valence-electron chi connectivity index (χ3n) is 8.39. The summed E-state index contributed by atoms with van der Waals surface area (Å²) < 4.78 is 26.1. The first kappa shape index (κ1) is 26.7. The summed E-state index contributed by atoms with van der Waals surface area (Å²) in [6, 6.07) is 13.2. The van der Waals surface area contributed by atoms with Crippen LogP contribution in [0.25, 0.3) is 10.8 Å². The molecular weight excluding hydrogens is 520 g/mol. The van der Waals surface area contributed by atoms with Crippen molar-refractivity contribution < 1.29 is 13.2 Å². The standard InChI is InChI=1S/C32H34N4O3S/c1-2-22-16-34-17-25-4-3-21(13-28(22)25)14-31(37)30-15-29(30)24-5-7-27(8-6-24)40(38,39)20-32-35-18-26(19-36-32)23-9-11-33-12-10-23/h3-8,13,16-19,23,29-30,33H,2,9-12,14-15,20H2,1H3/t29-,30+/m0/s1. The minimum absolute atomic E-state index is 0.0203.